The maximum Gasteiger partial charge on any atom is 0.433 e. The van der Waals surface area contributed by atoms with Crippen LogP contribution in [0.25, 0.3) is 33.2 Å². The van der Waals surface area contributed by atoms with Crippen LogP contribution in [0.15, 0.2) is 48.5 Å². The first-order chi connectivity index (χ1) is 24.8. The minimum Gasteiger partial charge on any atom is -0.293 e. The minimum atomic E-state index is -4.99. The van der Waals surface area contributed by atoms with E-state index in [2.05, 4.69) is 30.6 Å². The van der Waals surface area contributed by atoms with Crippen LogP contribution in [0.2, 0.25) is 0 Å². The van der Waals surface area contributed by atoms with E-state index in [4.69, 9.17) is 0 Å². The molecule has 0 aliphatic heterocycles. The van der Waals surface area contributed by atoms with E-state index in [1.807, 2.05) is 0 Å². The summed E-state index contributed by atoms with van der Waals surface area (Å²) in [5.74, 6) is -0.965. The van der Waals surface area contributed by atoms with Crippen molar-refractivity contribution in [1.29, 1.82) is 0 Å². The average Bonchev–Trinajstić information content (AvgIpc) is 3.63. The number of para-hydroxylation sites is 2. The largest absolute Gasteiger partial charge is 0.433 e. The summed E-state index contributed by atoms with van der Waals surface area (Å²) in [4.78, 5) is 29.5. The number of benzene rings is 2. The number of pyridine rings is 2. The molecule has 6 aromatic rings. The molecule has 0 aliphatic carbocycles. The van der Waals surface area contributed by atoms with Gasteiger partial charge in [-0.2, -0.15) is 52.7 Å². The van der Waals surface area contributed by atoms with E-state index in [1.165, 1.54) is 39.8 Å². The van der Waals surface area contributed by atoms with Crippen LogP contribution in [0.4, 0.5) is 52.7 Å². The predicted octanol–water partition coefficient (Wildman–Crippen LogP) is 8.73. The number of hydrogen-bond acceptors (Lipinski definition) is 8. The average molecular weight is 777 g/mol. The molecule has 2 aromatic carbocycles. The third-order valence-corrected chi connectivity index (χ3v) is 7.74. The Bertz CT molecular complexity index is 2270. The highest BCUT2D eigenvalue weighted by molar-refractivity contribution is 5.95. The van der Waals surface area contributed by atoms with Gasteiger partial charge >= 0.3 is 24.7 Å². The summed E-state index contributed by atoms with van der Waals surface area (Å²) in [6.45, 7) is 5.14. The van der Waals surface area contributed by atoms with Gasteiger partial charge in [-0.25, -0.2) is 19.3 Å². The number of nitrogens with zero attached hydrogens (tertiary/aromatic N) is 8. The molecule has 0 radical (unpaired) electrons. The Morgan fingerprint density at radius 1 is 0.537 bits per heavy atom. The lowest BCUT2D eigenvalue weighted by Crippen LogP contribution is -2.14. The van der Waals surface area contributed by atoms with E-state index in [0.717, 1.165) is 21.5 Å². The lowest BCUT2D eigenvalue weighted by Gasteiger charge is -2.15. The molecular formula is C32H20F12N8O2. The van der Waals surface area contributed by atoms with Crippen molar-refractivity contribution < 1.29 is 62.3 Å². The van der Waals surface area contributed by atoms with E-state index in [-0.39, 0.29) is 44.9 Å². The lowest BCUT2D eigenvalue weighted by atomic mass is 10.1. The van der Waals surface area contributed by atoms with Gasteiger partial charge in [-0.1, -0.05) is 34.7 Å². The minimum absolute atomic E-state index is 0.0968. The first-order valence-electron chi connectivity index (χ1n) is 14.9. The maximum atomic E-state index is 13.3. The van der Waals surface area contributed by atoms with Gasteiger partial charge in [0, 0.05) is 24.6 Å². The second kappa shape index (κ2) is 13.5. The van der Waals surface area contributed by atoms with E-state index >= 15 is 0 Å². The fourth-order valence-electron chi connectivity index (χ4n) is 5.33. The molecule has 0 unspecified atom stereocenters. The van der Waals surface area contributed by atoms with Crippen LogP contribution in [0.3, 0.4) is 0 Å². The molecule has 10 nitrogen and oxygen atoms in total. The molecule has 0 bridgehead atoms. The zero-order valence-electron chi connectivity index (χ0n) is 27.5. The molecule has 0 aliphatic rings. The Morgan fingerprint density at radius 3 is 1.13 bits per heavy atom. The molecule has 0 spiro atoms. The zero-order chi connectivity index (χ0) is 40.3. The number of Topliss-reactive ketones (excluding diaryl/α,β-unsaturated/α-hetero) is 2. The molecule has 0 amide bonds. The van der Waals surface area contributed by atoms with Gasteiger partial charge in [-0.3, -0.25) is 9.59 Å². The Kier molecular flexibility index (Phi) is 9.79. The van der Waals surface area contributed by atoms with Gasteiger partial charge in [0.1, 0.15) is 11.4 Å². The first-order valence-corrected chi connectivity index (χ1v) is 14.9. The van der Waals surface area contributed by atoms with E-state index in [9.17, 15) is 62.3 Å². The zero-order valence-corrected chi connectivity index (χ0v) is 27.5. The number of halogens is 12. The van der Waals surface area contributed by atoms with Gasteiger partial charge in [-0.05, 0) is 38.1 Å². The fourth-order valence-corrected chi connectivity index (χ4v) is 5.33. The van der Waals surface area contributed by atoms with Crippen LogP contribution in [-0.2, 0) is 24.7 Å². The number of rotatable bonds is 4. The smallest absolute Gasteiger partial charge is 0.293 e. The Hall–Kier alpha value is -5.96. The number of aromatic nitrogens is 8. The fraction of sp³-hybridized carbons (Fsp3) is 0.250. The first kappa shape index (κ1) is 39.3. The van der Waals surface area contributed by atoms with Gasteiger partial charge in [0.05, 0.1) is 44.9 Å². The SMILES string of the molecule is CC(=O)c1nnn(-c2cc(C(F)(F)F)nc3c(C(F)(F)F)cccc23)c1C.CC(=O)c1nnn(-c2cc(C(F)(F)F)nc3c(C(F)(F)F)cccc23)c1C. The number of alkyl halides is 12. The second-order valence-electron chi connectivity index (χ2n) is 11.4. The molecule has 0 N–H and O–H groups in total. The molecule has 4 heterocycles. The van der Waals surface area contributed by atoms with Gasteiger partial charge in [0.15, 0.2) is 23.0 Å². The molecule has 6 rings (SSSR count). The number of carbonyl (C=O) groups is 2. The van der Waals surface area contributed by atoms with Crippen LogP contribution in [0.1, 0.15) is 68.7 Å². The van der Waals surface area contributed by atoms with Crippen LogP contribution in [0, 0.1) is 13.8 Å². The van der Waals surface area contributed by atoms with Crippen LogP contribution in [-0.4, -0.2) is 51.5 Å². The number of fused-ring (bicyclic) bond motifs is 2. The Balaban J connectivity index is 0.000000208. The third-order valence-electron chi connectivity index (χ3n) is 7.74. The molecule has 284 valence electrons. The summed E-state index contributed by atoms with van der Waals surface area (Å²) in [5.41, 5.74) is -7.99. The number of ketones is 2. The Labute approximate surface area is 293 Å². The number of carbonyl (C=O) groups excluding carboxylic acids is 2. The van der Waals surface area contributed by atoms with E-state index in [0.29, 0.717) is 24.3 Å². The lowest BCUT2D eigenvalue weighted by molar-refractivity contribution is -0.142. The maximum absolute atomic E-state index is 13.3. The van der Waals surface area contributed by atoms with Crippen molar-refractivity contribution in [2.75, 3.05) is 0 Å². The second-order valence-corrected chi connectivity index (χ2v) is 11.4. The van der Waals surface area contributed by atoms with Gasteiger partial charge < -0.3 is 0 Å². The summed E-state index contributed by atoms with van der Waals surface area (Å²) < 4.78 is 161. The molecule has 54 heavy (non-hydrogen) atoms. The number of hydrogen-bond donors (Lipinski definition) is 0. The molecule has 4 aromatic heterocycles. The molecule has 0 fully saturated rings. The van der Waals surface area contributed by atoms with Crippen molar-refractivity contribution in [2.45, 2.75) is 52.4 Å². The summed E-state index contributed by atoms with van der Waals surface area (Å²) in [7, 11) is 0. The summed E-state index contributed by atoms with van der Waals surface area (Å²) in [6, 6.07) is 6.96. The molecule has 0 saturated carbocycles. The Morgan fingerprint density at radius 2 is 0.870 bits per heavy atom. The van der Waals surface area contributed by atoms with Crippen molar-refractivity contribution >= 4 is 33.4 Å². The van der Waals surface area contributed by atoms with Crippen molar-refractivity contribution in [3.8, 4) is 11.4 Å². The van der Waals surface area contributed by atoms with Gasteiger partial charge in [-0.15, -0.1) is 10.2 Å². The van der Waals surface area contributed by atoms with Gasteiger partial charge in [0.2, 0.25) is 0 Å². The molecular weight excluding hydrogens is 756 g/mol. The van der Waals surface area contributed by atoms with Crippen LogP contribution < -0.4 is 0 Å². The van der Waals surface area contributed by atoms with Crippen molar-refractivity contribution in [3.63, 3.8) is 0 Å². The standard InChI is InChI=1S/2C16H10F6N4O/c2*1-7-13(8(2)27)24-25-26(7)11-6-12(16(20,21)22)23-14-9(11)4-3-5-10(14)15(17,18)19/h2*3-6H,1-2H3. The normalized spacial score (nSPS) is 12.6. The highest BCUT2D eigenvalue weighted by Crippen LogP contribution is 2.40. The summed E-state index contributed by atoms with van der Waals surface area (Å²) in [6.07, 6.45) is -19.8. The summed E-state index contributed by atoms with van der Waals surface area (Å²) in [5, 5.41) is 14.1. The van der Waals surface area contributed by atoms with E-state index in [1.54, 1.807) is 0 Å². The van der Waals surface area contributed by atoms with Crippen LogP contribution >= 0.6 is 0 Å². The topological polar surface area (TPSA) is 121 Å². The monoisotopic (exact) mass is 776 g/mol. The third kappa shape index (κ3) is 7.44. The molecule has 0 atom stereocenters. The molecule has 0 saturated heterocycles. The van der Waals surface area contributed by atoms with Crippen molar-refractivity contribution in [2.24, 2.45) is 0 Å². The highest BCUT2D eigenvalue weighted by atomic mass is 19.4. The van der Waals surface area contributed by atoms with Crippen LogP contribution in [0.5, 0.6) is 0 Å². The van der Waals surface area contributed by atoms with Crippen molar-refractivity contribution in [3.05, 3.63) is 93.8 Å². The quantitative estimate of drug-likeness (QED) is 0.129. The van der Waals surface area contributed by atoms with Crippen molar-refractivity contribution in [1.82, 2.24) is 40.0 Å². The highest BCUT2D eigenvalue weighted by Gasteiger charge is 2.39. The van der Waals surface area contributed by atoms with Gasteiger partial charge in [0.25, 0.3) is 0 Å². The molecule has 22 heteroatoms. The predicted molar refractivity (Wildman–Crippen MR) is 163 cm³/mol. The van der Waals surface area contributed by atoms with E-state index < -0.39 is 69.8 Å². The summed E-state index contributed by atoms with van der Waals surface area (Å²) >= 11 is 0.